The first-order chi connectivity index (χ1) is 10.7. The number of carboxylic acids is 1. The van der Waals surface area contributed by atoms with Gasteiger partial charge in [0, 0.05) is 24.5 Å². The van der Waals surface area contributed by atoms with Gasteiger partial charge in [0.05, 0.1) is 10.9 Å². The van der Waals surface area contributed by atoms with E-state index in [2.05, 4.69) is 4.90 Å². The maximum Gasteiger partial charge on any atom is 0.309 e. The third-order valence-electron chi connectivity index (χ3n) is 4.06. The molecule has 1 aromatic heterocycles. The van der Waals surface area contributed by atoms with Crippen LogP contribution in [0.25, 0.3) is 10.9 Å². The van der Waals surface area contributed by atoms with Crippen LogP contribution >= 0.6 is 0 Å². The standard InChI is InChI=1S/C18H24N2O3/c1-18(2,17(22)23)11-16(21)20-12-13(9-10-19(3)4)14-7-5-6-8-15(14)20/h5-8,12H,9-11H2,1-4H3,(H,22,23). The lowest BCUT2D eigenvalue weighted by atomic mass is 9.89. The number of carbonyl (C=O) groups excluding carboxylic acids is 1. The molecule has 5 heteroatoms. The van der Waals surface area contributed by atoms with Crippen LogP contribution in [-0.4, -0.2) is 47.1 Å². The fourth-order valence-electron chi connectivity index (χ4n) is 2.54. The molecule has 0 radical (unpaired) electrons. The largest absolute Gasteiger partial charge is 0.481 e. The summed E-state index contributed by atoms with van der Waals surface area (Å²) in [6, 6.07) is 7.76. The molecule has 1 aromatic carbocycles. The van der Waals surface area contributed by atoms with Crippen molar-refractivity contribution in [1.29, 1.82) is 0 Å². The average Bonchev–Trinajstić information content (AvgIpc) is 2.83. The normalized spacial score (nSPS) is 12.0. The molecule has 5 nitrogen and oxygen atoms in total. The van der Waals surface area contributed by atoms with Crippen LogP contribution in [0.15, 0.2) is 30.5 Å². The van der Waals surface area contributed by atoms with Crippen molar-refractivity contribution in [2.24, 2.45) is 5.41 Å². The van der Waals surface area contributed by atoms with Crippen LogP contribution in [0.3, 0.4) is 0 Å². The molecular weight excluding hydrogens is 292 g/mol. The van der Waals surface area contributed by atoms with E-state index in [0.29, 0.717) is 0 Å². The van der Waals surface area contributed by atoms with Crippen molar-refractivity contribution < 1.29 is 14.7 Å². The highest BCUT2D eigenvalue weighted by molar-refractivity contribution is 5.96. The number of carboxylic acid groups (broad SMARTS) is 1. The maximum atomic E-state index is 12.6. The summed E-state index contributed by atoms with van der Waals surface area (Å²) in [7, 11) is 4.03. The van der Waals surface area contributed by atoms with E-state index in [9.17, 15) is 14.7 Å². The highest BCUT2D eigenvalue weighted by Crippen LogP contribution is 2.26. The van der Waals surface area contributed by atoms with Gasteiger partial charge in [0.1, 0.15) is 0 Å². The molecule has 2 rings (SSSR count). The Labute approximate surface area is 136 Å². The first kappa shape index (κ1) is 17.2. The van der Waals surface area contributed by atoms with E-state index in [1.54, 1.807) is 18.4 Å². The van der Waals surface area contributed by atoms with Gasteiger partial charge in [-0.05, 0) is 46.0 Å². The minimum absolute atomic E-state index is 0.0336. The molecule has 0 atom stereocenters. The zero-order valence-electron chi connectivity index (χ0n) is 14.2. The monoisotopic (exact) mass is 316 g/mol. The molecule has 0 aliphatic rings. The third-order valence-corrected chi connectivity index (χ3v) is 4.06. The van der Waals surface area contributed by atoms with E-state index >= 15 is 0 Å². The van der Waals surface area contributed by atoms with Crippen molar-refractivity contribution in [2.75, 3.05) is 20.6 Å². The average molecular weight is 316 g/mol. The third kappa shape index (κ3) is 3.79. The van der Waals surface area contributed by atoms with Gasteiger partial charge in [-0.2, -0.15) is 0 Å². The number of nitrogens with zero attached hydrogens (tertiary/aromatic N) is 2. The molecule has 1 heterocycles. The lowest BCUT2D eigenvalue weighted by Gasteiger charge is -2.18. The molecule has 0 fully saturated rings. The number of likely N-dealkylation sites (N-methyl/N-ethyl adjacent to an activating group) is 1. The quantitative estimate of drug-likeness (QED) is 0.890. The molecule has 0 saturated carbocycles. The van der Waals surface area contributed by atoms with Crippen LogP contribution < -0.4 is 0 Å². The highest BCUT2D eigenvalue weighted by atomic mass is 16.4. The second kappa shape index (κ2) is 6.54. The maximum absolute atomic E-state index is 12.6. The molecule has 0 aliphatic heterocycles. The Balaban J connectivity index is 2.37. The van der Waals surface area contributed by atoms with Gasteiger partial charge < -0.3 is 10.0 Å². The summed E-state index contributed by atoms with van der Waals surface area (Å²) in [5, 5.41) is 10.3. The van der Waals surface area contributed by atoms with Gasteiger partial charge in [-0.3, -0.25) is 14.2 Å². The van der Waals surface area contributed by atoms with Gasteiger partial charge in [-0.25, -0.2) is 0 Å². The Hall–Kier alpha value is -2.14. The summed E-state index contributed by atoms with van der Waals surface area (Å²) in [5.74, 6) is -1.15. The summed E-state index contributed by atoms with van der Waals surface area (Å²) >= 11 is 0. The molecule has 0 aliphatic carbocycles. The number of aliphatic carboxylic acids is 1. The van der Waals surface area contributed by atoms with E-state index in [4.69, 9.17) is 0 Å². The molecule has 124 valence electrons. The number of rotatable bonds is 6. The second-order valence-electron chi connectivity index (χ2n) is 6.85. The van der Waals surface area contributed by atoms with Crippen LogP contribution in [0.5, 0.6) is 0 Å². The van der Waals surface area contributed by atoms with Crippen molar-refractivity contribution in [2.45, 2.75) is 26.7 Å². The van der Waals surface area contributed by atoms with Crippen LogP contribution in [-0.2, 0) is 11.2 Å². The van der Waals surface area contributed by atoms with E-state index < -0.39 is 11.4 Å². The smallest absolute Gasteiger partial charge is 0.309 e. The first-order valence-corrected chi connectivity index (χ1v) is 7.72. The van der Waals surface area contributed by atoms with Crippen molar-refractivity contribution in [3.8, 4) is 0 Å². The number of hydrogen-bond donors (Lipinski definition) is 1. The van der Waals surface area contributed by atoms with E-state index in [1.165, 1.54) is 0 Å². The van der Waals surface area contributed by atoms with Crippen molar-refractivity contribution >= 4 is 22.8 Å². The van der Waals surface area contributed by atoms with Crippen LogP contribution in [0.1, 0.15) is 30.6 Å². The van der Waals surface area contributed by atoms with Gasteiger partial charge in [0.2, 0.25) is 5.91 Å². The molecule has 0 bridgehead atoms. The van der Waals surface area contributed by atoms with Gasteiger partial charge in [0.15, 0.2) is 0 Å². The summed E-state index contributed by atoms with van der Waals surface area (Å²) in [4.78, 5) is 26.0. The summed E-state index contributed by atoms with van der Waals surface area (Å²) in [6.45, 7) is 4.04. The van der Waals surface area contributed by atoms with Crippen LogP contribution in [0.4, 0.5) is 0 Å². The molecule has 1 N–H and O–H groups in total. The SMILES string of the molecule is CN(C)CCc1cn(C(=O)CC(C)(C)C(=O)O)c2ccccc12. The van der Waals surface area contributed by atoms with Gasteiger partial charge >= 0.3 is 5.97 Å². The second-order valence-corrected chi connectivity index (χ2v) is 6.85. The zero-order valence-corrected chi connectivity index (χ0v) is 14.2. The molecule has 0 saturated heterocycles. The predicted molar refractivity (Wildman–Crippen MR) is 90.9 cm³/mol. The first-order valence-electron chi connectivity index (χ1n) is 7.72. The molecule has 2 aromatic rings. The molecule has 23 heavy (non-hydrogen) atoms. The van der Waals surface area contributed by atoms with E-state index in [0.717, 1.165) is 29.4 Å². The zero-order chi connectivity index (χ0) is 17.2. The minimum Gasteiger partial charge on any atom is -0.481 e. The van der Waals surface area contributed by atoms with E-state index in [-0.39, 0.29) is 12.3 Å². The van der Waals surface area contributed by atoms with Crippen LogP contribution in [0, 0.1) is 5.41 Å². The number of fused-ring (bicyclic) bond motifs is 1. The lowest BCUT2D eigenvalue weighted by Crippen LogP contribution is -2.28. The number of aromatic nitrogens is 1. The van der Waals surface area contributed by atoms with Crippen molar-refractivity contribution in [3.05, 3.63) is 36.0 Å². The Kier molecular flexibility index (Phi) is 4.90. The topological polar surface area (TPSA) is 62.5 Å². The fourth-order valence-corrected chi connectivity index (χ4v) is 2.54. The molecular formula is C18H24N2O3. The van der Waals surface area contributed by atoms with Gasteiger partial charge in [-0.1, -0.05) is 18.2 Å². The summed E-state index contributed by atoms with van der Waals surface area (Å²) in [5.41, 5.74) is 0.870. The Bertz CT molecular complexity index is 729. The Morgan fingerprint density at radius 3 is 2.48 bits per heavy atom. The van der Waals surface area contributed by atoms with E-state index in [1.807, 2.05) is 44.6 Å². The van der Waals surface area contributed by atoms with Crippen LogP contribution in [0.2, 0.25) is 0 Å². The van der Waals surface area contributed by atoms with Gasteiger partial charge in [0.25, 0.3) is 0 Å². The molecule has 0 spiro atoms. The number of para-hydroxylation sites is 1. The minimum atomic E-state index is -1.08. The number of hydrogen-bond acceptors (Lipinski definition) is 3. The summed E-state index contributed by atoms with van der Waals surface area (Å²) in [6.07, 6.45) is 2.67. The Morgan fingerprint density at radius 2 is 1.87 bits per heavy atom. The van der Waals surface area contributed by atoms with Crippen molar-refractivity contribution in [3.63, 3.8) is 0 Å². The fraction of sp³-hybridized carbons (Fsp3) is 0.444. The molecule has 0 unspecified atom stereocenters. The molecule has 0 amide bonds. The Morgan fingerprint density at radius 1 is 1.22 bits per heavy atom. The predicted octanol–water partition coefficient (Wildman–Crippen LogP) is 2.89. The number of carbonyl (C=O) groups is 2. The van der Waals surface area contributed by atoms with Gasteiger partial charge in [-0.15, -0.1) is 0 Å². The highest BCUT2D eigenvalue weighted by Gasteiger charge is 2.31. The summed E-state index contributed by atoms with van der Waals surface area (Å²) < 4.78 is 1.60. The number of benzene rings is 1. The van der Waals surface area contributed by atoms with Crippen molar-refractivity contribution in [1.82, 2.24) is 9.47 Å². The lowest BCUT2D eigenvalue weighted by molar-refractivity contribution is -0.146.